The van der Waals surface area contributed by atoms with E-state index >= 15 is 0 Å². The van der Waals surface area contributed by atoms with Gasteiger partial charge in [-0.25, -0.2) is 4.39 Å². The van der Waals surface area contributed by atoms with Crippen molar-refractivity contribution in [1.82, 2.24) is 10.6 Å². The van der Waals surface area contributed by atoms with Gasteiger partial charge < -0.3 is 15.4 Å². The first-order valence-corrected chi connectivity index (χ1v) is 9.61. The molecule has 1 aromatic rings. The van der Waals surface area contributed by atoms with Crippen LogP contribution in [-0.2, 0) is 9.53 Å². The van der Waals surface area contributed by atoms with Gasteiger partial charge in [-0.1, -0.05) is 24.3 Å². The summed E-state index contributed by atoms with van der Waals surface area (Å²) < 4.78 is 18.3. The van der Waals surface area contributed by atoms with Crippen LogP contribution < -0.4 is 10.6 Å². The maximum atomic E-state index is 13.4. The van der Waals surface area contributed by atoms with Crippen LogP contribution in [0.5, 0.6) is 0 Å². The number of carbonyl (C=O) groups is 1. The number of methoxy groups -OCH3 is 1. The Kier molecular flexibility index (Phi) is 8.52. The van der Waals surface area contributed by atoms with E-state index in [0.717, 1.165) is 43.2 Å². The Morgan fingerprint density at radius 2 is 2.11 bits per heavy atom. The van der Waals surface area contributed by atoms with Gasteiger partial charge in [0, 0.05) is 18.5 Å². The van der Waals surface area contributed by atoms with E-state index in [9.17, 15) is 9.18 Å². The molecule has 1 amide bonds. The molecule has 1 aromatic carbocycles. The van der Waals surface area contributed by atoms with Crippen molar-refractivity contribution in [3.05, 3.63) is 60.1 Å². The summed E-state index contributed by atoms with van der Waals surface area (Å²) >= 11 is 0. The summed E-state index contributed by atoms with van der Waals surface area (Å²) in [5.41, 5.74) is 2.13. The van der Waals surface area contributed by atoms with E-state index in [4.69, 9.17) is 4.74 Å². The Balaban J connectivity index is 2.14. The SMILES string of the molecule is C=C1CCC(NC)C(C(=O)NCCC/C=C/OC)C(c2ccc(F)cc2)C1. The molecule has 0 aromatic heterocycles. The molecule has 3 atom stereocenters. The van der Waals surface area contributed by atoms with Gasteiger partial charge in [-0.2, -0.15) is 0 Å². The molecule has 1 aliphatic carbocycles. The second-order valence-electron chi connectivity index (χ2n) is 7.11. The minimum Gasteiger partial charge on any atom is -0.505 e. The molecule has 0 spiro atoms. The molecule has 5 heteroatoms. The fourth-order valence-electron chi connectivity index (χ4n) is 3.80. The number of carbonyl (C=O) groups excluding carboxylic acids is 1. The van der Waals surface area contributed by atoms with Crippen LogP contribution in [0.1, 0.15) is 43.6 Å². The number of amides is 1. The molecule has 3 unspecified atom stereocenters. The van der Waals surface area contributed by atoms with Crippen LogP contribution in [0.4, 0.5) is 4.39 Å². The molecular weight excluding hydrogens is 343 g/mol. The highest BCUT2D eigenvalue weighted by atomic mass is 19.1. The number of rotatable bonds is 8. The topological polar surface area (TPSA) is 50.4 Å². The summed E-state index contributed by atoms with van der Waals surface area (Å²) in [6.07, 6.45) is 7.83. The van der Waals surface area contributed by atoms with Crippen LogP contribution in [-0.4, -0.2) is 32.7 Å². The van der Waals surface area contributed by atoms with E-state index in [1.165, 1.54) is 12.1 Å². The highest BCUT2D eigenvalue weighted by Gasteiger charge is 2.37. The zero-order valence-electron chi connectivity index (χ0n) is 16.3. The largest absolute Gasteiger partial charge is 0.505 e. The quantitative estimate of drug-likeness (QED) is 0.314. The zero-order chi connectivity index (χ0) is 19.6. The molecule has 4 nitrogen and oxygen atoms in total. The van der Waals surface area contributed by atoms with Gasteiger partial charge in [-0.15, -0.1) is 0 Å². The van der Waals surface area contributed by atoms with Gasteiger partial charge in [0.2, 0.25) is 5.91 Å². The first kappa shape index (κ1) is 21.2. The van der Waals surface area contributed by atoms with Crippen molar-refractivity contribution in [2.75, 3.05) is 20.7 Å². The van der Waals surface area contributed by atoms with Crippen molar-refractivity contribution in [1.29, 1.82) is 0 Å². The number of allylic oxidation sites excluding steroid dienone is 2. The van der Waals surface area contributed by atoms with Gasteiger partial charge in [0.1, 0.15) is 5.82 Å². The molecule has 27 heavy (non-hydrogen) atoms. The van der Waals surface area contributed by atoms with Crippen LogP contribution in [0, 0.1) is 11.7 Å². The Labute approximate surface area is 161 Å². The fraction of sp³-hybridized carbons (Fsp3) is 0.500. The molecule has 2 N–H and O–H groups in total. The number of benzene rings is 1. The standard InChI is InChI=1S/C22H31FN2O2/c1-16-7-12-20(24-2)21(22(26)25-13-5-4-6-14-27-3)19(15-16)17-8-10-18(23)11-9-17/h6,8-11,14,19-21,24H,1,4-5,7,12-13,15H2,2-3H3,(H,25,26)/b14-6+. The second-order valence-corrected chi connectivity index (χ2v) is 7.11. The summed E-state index contributed by atoms with van der Waals surface area (Å²) in [4.78, 5) is 13.1. The average molecular weight is 375 g/mol. The Morgan fingerprint density at radius 1 is 1.37 bits per heavy atom. The Hall–Kier alpha value is -2.14. The van der Waals surface area contributed by atoms with Crippen LogP contribution in [0.25, 0.3) is 0 Å². The molecule has 1 fully saturated rings. The van der Waals surface area contributed by atoms with Crippen molar-refractivity contribution in [3.8, 4) is 0 Å². The van der Waals surface area contributed by atoms with E-state index in [1.54, 1.807) is 25.5 Å². The monoisotopic (exact) mass is 374 g/mol. The highest BCUT2D eigenvalue weighted by molar-refractivity contribution is 5.80. The van der Waals surface area contributed by atoms with E-state index in [-0.39, 0.29) is 29.6 Å². The minimum absolute atomic E-state index is 0.00793. The van der Waals surface area contributed by atoms with Gasteiger partial charge in [-0.3, -0.25) is 4.79 Å². The predicted molar refractivity (Wildman–Crippen MR) is 107 cm³/mol. The average Bonchev–Trinajstić information content (AvgIpc) is 2.83. The fourth-order valence-corrected chi connectivity index (χ4v) is 3.80. The number of ether oxygens (including phenoxy) is 1. The third kappa shape index (κ3) is 6.21. The van der Waals surface area contributed by atoms with E-state index in [2.05, 4.69) is 17.2 Å². The number of hydrogen-bond acceptors (Lipinski definition) is 3. The first-order chi connectivity index (χ1) is 13.1. The molecule has 1 saturated carbocycles. The molecular formula is C22H31FN2O2. The van der Waals surface area contributed by atoms with Crippen molar-refractivity contribution in [2.45, 2.75) is 44.1 Å². The highest BCUT2D eigenvalue weighted by Crippen LogP contribution is 2.38. The predicted octanol–water partition coefficient (Wildman–Crippen LogP) is 3.91. The van der Waals surface area contributed by atoms with E-state index in [1.807, 2.05) is 13.1 Å². The number of nitrogens with one attached hydrogen (secondary N) is 2. The molecule has 148 valence electrons. The molecule has 0 heterocycles. The van der Waals surface area contributed by atoms with Gasteiger partial charge >= 0.3 is 0 Å². The molecule has 0 saturated heterocycles. The van der Waals surface area contributed by atoms with E-state index < -0.39 is 0 Å². The normalized spacial score (nSPS) is 23.2. The lowest BCUT2D eigenvalue weighted by Gasteiger charge is -2.31. The van der Waals surface area contributed by atoms with Crippen molar-refractivity contribution >= 4 is 5.91 Å². The molecule has 1 aliphatic rings. The third-order valence-corrected chi connectivity index (χ3v) is 5.24. The van der Waals surface area contributed by atoms with Gasteiger partial charge in [0.05, 0.1) is 19.3 Å². The van der Waals surface area contributed by atoms with Crippen molar-refractivity contribution < 1.29 is 13.9 Å². The molecule has 0 bridgehead atoms. The molecule has 0 radical (unpaired) electrons. The number of unbranched alkanes of at least 4 members (excludes halogenated alkanes) is 1. The maximum absolute atomic E-state index is 13.4. The molecule has 2 rings (SSSR count). The zero-order valence-corrected chi connectivity index (χ0v) is 16.3. The van der Waals surface area contributed by atoms with Gasteiger partial charge in [0.15, 0.2) is 0 Å². The summed E-state index contributed by atoms with van der Waals surface area (Å²) in [7, 11) is 3.52. The lowest BCUT2D eigenvalue weighted by Crippen LogP contribution is -2.45. The number of hydrogen-bond donors (Lipinski definition) is 2. The number of halogens is 1. The summed E-state index contributed by atoms with van der Waals surface area (Å²) in [5, 5.41) is 6.41. The minimum atomic E-state index is -0.263. The summed E-state index contributed by atoms with van der Waals surface area (Å²) in [6, 6.07) is 6.58. The van der Waals surface area contributed by atoms with Crippen molar-refractivity contribution in [3.63, 3.8) is 0 Å². The Bertz CT molecular complexity index is 642. The van der Waals surface area contributed by atoms with E-state index in [0.29, 0.717) is 6.54 Å². The first-order valence-electron chi connectivity index (χ1n) is 9.61. The van der Waals surface area contributed by atoms with Crippen LogP contribution in [0.2, 0.25) is 0 Å². The van der Waals surface area contributed by atoms with Crippen LogP contribution >= 0.6 is 0 Å². The lowest BCUT2D eigenvalue weighted by atomic mass is 9.79. The maximum Gasteiger partial charge on any atom is 0.225 e. The Morgan fingerprint density at radius 3 is 2.78 bits per heavy atom. The van der Waals surface area contributed by atoms with Gasteiger partial charge in [0.25, 0.3) is 0 Å². The van der Waals surface area contributed by atoms with Crippen LogP contribution in [0.15, 0.2) is 48.8 Å². The van der Waals surface area contributed by atoms with Gasteiger partial charge in [-0.05, 0) is 62.9 Å². The van der Waals surface area contributed by atoms with Crippen molar-refractivity contribution in [2.24, 2.45) is 5.92 Å². The lowest BCUT2D eigenvalue weighted by molar-refractivity contribution is -0.126. The van der Waals surface area contributed by atoms with Crippen LogP contribution in [0.3, 0.4) is 0 Å². The third-order valence-electron chi connectivity index (χ3n) is 5.24. The smallest absolute Gasteiger partial charge is 0.225 e. The summed E-state index contributed by atoms with van der Waals surface area (Å²) in [5.74, 6) is -0.434. The second kappa shape index (κ2) is 10.9. The summed E-state index contributed by atoms with van der Waals surface area (Å²) in [6.45, 7) is 4.80. The molecule has 0 aliphatic heterocycles.